The number of rotatable bonds is 3. The number of likely N-dealkylation sites (tertiary alicyclic amines) is 1. The van der Waals surface area contributed by atoms with Crippen LogP contribution in [0.5, 0.6) is 0 Å². The number of hydrogen-bond donors (Lipinski definition) is 1. The van der Waals surface area contributed by atoms with Crippen molar-refractivity contribution in [1.29, 1.82) is 0 Å². The van der Waals surface area contributed by atoms with Crippen molar-refractivity contribution >= 4 is 0 Å². The minimum atomic E-state index is 0.648. The standard InChI is InChI=1S/C16H24N2/c1-18-10-8-15(16(18)7-9-17)14-6-5-12-3-2-4-13(12)11-14/h5-6,11,15-16H,2-4,7-10,17H2,1H3. The zero-order valence-corrected chi connectivity index (χ0v) is 11.4. The van der Waals surface area contributed by atoms with Gasteiger partial charge >= 0.3 is 0 Å². The van der Waals surface area contributed by atoms with Crippen molar-refractivity contribution < 1.29 is 0 Å². The van der Waals surface area contributed by atoms with E-state index in [4.69, 9.17) is 5.73 Å². The summed E-state index contributed by atoms with van der Waals surface area (Å²) in [6, 6.07) is 7.87. The van der Waals surface area contributed by atoms with Crippen LogP contribution in [0.3, 0.4) is 0 Å². The lowest BCUT2D eigenvalue weighted by atomic mass is 9.88. The van der Waals surface area contributed by atoms with Crippen molar-refractivity contribution in [2.75, 3.05) is 20.1 Å². The van der Waals surface area contributed by atoms with E-state index in [1.54, 1.807) is 16.7 Å². The lowest BCUT2D eigenvalue weighted by molar-refractivity contribution is 0.286. The molecule has 2 unspecified atom stereocenters. The molecular weight excluding hydrogens is 220 g/mol. The zero-order chi connectivity index (χ0) is 12.5. The highest BCUT2D eigenvalue weighted by Crippen LogP contribution is 2.36. The van der Waals surface area contributed by atoms with E-state index in [0.717, 1.165) is 13.0 Å². The molecule has 0 radical (unpaired) electrons. The van der Waals surface area contributed by atoms with Gasteiger partial charge in [0.1, 0.15) is 0 Å². The van der Waals surface area contributed by atoms with Crippen LogP contribution in [0.25, 0.3) is 0 Å². The SMILES string of the molecule is CN1CCC(c2ccc3c(c2)CCC3)C1CCN. The number of aryl methyl sites for hydroxylation is 2. The van der Waals surface area contributed by atoms with Gasteiger partial charge in [-0.3, -0.25) is 0 Å². The van der Waals surface area contributed by atoms with Crippen molar-refractivity contribution in [3.63, 3.8) is 0 Å². The molecule has 98 valence electrons. The van der Waals surface area contributed by atoms with Crippen molar-refractivity contribution in [3.8, 4) is 0 Å². The van der Waals surface area contributed by atoms with Gasteiger partial charge in [-0.05, 0) is 68.9 Å². The molecule has 0 saturated carbocycles. The van der Waals surface area contributed by atoms with Gasteiger partial charge in [-0.2, -0.15) is 0 Å². The molecule has 1 aliphatic carbocycles. The summed E-state index contributed by atoms with van der Waals surface area (Å²) in [6.45, 7) is 2.02. The maximum Gasteiger partial charge on any atom is 0.0173 e. The maximum absolute atomic E-state index is 5.77. The molecule has 0 bridgehead atoms. The average molecular weight is 244 g/mol. The Bertz CT molecular complexity index is 427. The number of nitrogens with zero attached hydrogens (tertiary/aromatic N) is 1. The van der Waals surface area contributed by atoms with Crippen LogP contribution in [-0.2, 0) is 12.8 Å². The summed E-state index contributed by atoms with van der Waals surface area (Å²) in [5.74, 6) is 0.699. The number of benzene rings is 1. The third kappa shape index (κ3) is 2.08. The Morgan fingerprint density at radius 2 is 2.11 bits per heavy atom. The van der Waals surface area contributed by atoms with Crippen LogP contribution >= 0.6 is 0 Å². The second-order valence-corrected chi connectivity index (χ2v) is 5.90. The highest BCUT2D eigenvalue weighted by Gasteiger charge is 2.32. The highest BCUT2D eigenvalue weighted by molar-refractivity contribution is 5.37. The molecule has 1 aromatic carbocycles. The predicted octanol–water partition coefficient (Wildman–Crippen LogP) is 2.31. The lowest BCUT2D eigenvalue weighted by Crippen LogP contribution is -2.30. The van der Waals surface area contributed by atoms with Crippen LogP contribution < -0.4 is 5.73 Å². The van der Waals surface area contributed by atoms with Crippen LogP contribution in [0.4, 0.5) is 0 Å². The summed E-state index contributed by atoms with van der Waals surface area (Å²) < 4.78 is 0. The van der Waals surface area contributed by atoms with Gasteiger partial charge in [0, 0.05) is 12.0 Å². The first-order valence-corrected chi connectivity index (χ1v) is 7.31. The Hall–Kier alpha value is -0.860. The van der Waals surface area contributed by atoms with Crippen LogP contribution in [0.1, 0.15) is 41.9 Å². The van der Waals surface area contributed by atoms with Crippen molar-refractivity contribution in [2.24, 2.45) is 5.73 Å². The third-order valence-electron chi connectivity index (χ3n) is 4.84. The first kappa shape index (κ1) is 12.2. The molecular formula is C16H24N2. The molecule has 18 heavy (non-hydrogen) atoms. The normalized spacial score (nSPS) is 27.7. The summed E-state index contributed by atoms with van der Waals surface area (Å²) in [6.07, 6.45) is 6.33. The summed E-state index contributed by atoms with van der Waals surface area (Å²) >= 11 is 0. The van der Waals surface area contributed by atoms with Gasteiger partial charge in [0.2, 0.25) is 0 Å². The van der Waals surface area contributed by atoms with Crippen molar-refractivity contribution in [1.82, 2.24) is 4.90 Å². The minimum absolute atomic E-state index is 0.648. The highest BCUT2D eigenvalue weighted by atomic mass is 15.2. The lowest BCUT2D eigenvalue weighted by Gasteiger charge is -2.25. The Morgan fingerprint density at radius 1 is 1.28 bits per heavy atom. The van der Waals surface area contributed by atoms with Gasteiger partial charge < -0.3 is 10.6 Å². The monoisotopic (exact) mass is 244 g/mol. The van der Waals surface area contributed by atoms with E-state index in [1.165, 1.54) is 32.2 Å². The molecule has 2 atom stereocenters. The fraction of sp³-hybridized carbons (Fsp3) is 0.625. The van der Waals surface area contributed by atoms with E-state index in [0.29, 0.717) is 12.0 Å². The fourth-order valence-electron chi connectivity index (χ4n) is 3.81. The van der Waals surface area contributed by atoms with Gasteiger partial charge in [0.05, 0.1) is 0 Å². The first-order chi connectivity index (χ1) is 8.79. The summed E-state index contributed by atoms with van der Waals surface area (Å²) in [4.78, 5) is 2.49. The minimum Gasteiger partial charge on any atom is -0.330 e. The third-order valence-corrected chi connectivity index (χ3v) is 4.84. The zero-order valence-electron chi connectivity index (χ0n) is 11.4. The van der Waals surface area contributed by atoms with E-state index < -0.39 is 0 Å². The molecule has 1 aromatic rings. The molecule has 3 rings (SSSR count). The summed E-state index contributed by atoms with van der Waals surface area (Å²) in [7, 11) is 2.24. The second-order valence-electron chi connectivity index (χ2n) is 5.90. The Labute approximate surface area is 110 Å². The van der Waals surface area contributed by atoms with Gasteiger partial charge in [-0.1, -0.05) is 18.2 Å². The van der Waals surface area contributed by atoms with Crippen LogP contribution in [0, 0.1) is 0 Å². The molecule has 2 nitrogen and oxygen atoms in total. The smallest absolute Gasteiger partial charge is 0.0173 e. The molecule has 2 heteroatoms. The number of fused-ring (bicyclic) bond motifs is 1. The van der Waals surface area contributed by atoms with Crippen molar-refractivity contribution in [2.45, 2.75) is 44.1 Å². The Balaban J connectivity index is 1.85. The fourth-order valence-corrected chi connectivity index (χ4v) is 3.81. The molecule has 2 N–H and O–H groups in total. The van der Waals surface area contributed by atoms with Crippen LogP contribution in [0.2, 0.25) is 0 Å². The molecule has 1 fully saturated rings. The van der Waals surface area contributed by atoms with E-state index in [-0.39, 0.29) is 0 Å². The number of nitrogens with two attached hydrogens (primary N) is 1. The topological polar surface area (TPSA) is 29.3 Å². The van der Waals surface area contributed by atoms with Crippen LogP contribution in [-0.4, -0.2) is 31.1 Å². The van der Waals surface area contributed by atoms with E-state index >= 15 is 0 Å². The van der Waals surface area contributed by atoms with Gasteiger partial charge in [0.15, 0.2) is 0 Å². The quantitative estimate of drug-likeness (QED) is 0.884. The number of hydrogen-bond acceptors (Lipinski definition) is 2. The summed E-state index contributed by atoms with van der Waals surface area (Å²) in [5, 5.41) is 0. The second kappa shape index (κ2) is 5.02. The van der Waals surface area contributed by atoms with Crippen LogP contribution in [0.15, 0.2) is 18.2 Å². The molecule has 2 aliphatic rings. The van der Waals surface area contributed by atoms with Gasteiger partial charge in [-0.15, -0.1) is 0 Å². The summed E-state index contributed by atoms with van der Waals surface area (Å²) in [5.41, 5.74) is 10.5. The van der Waals surface area contributed by atoms with Crippen molar-refractivity contribution in [3.05, 3.63) is 34.9 Å². The molecule has 0 aromatic heterocycles. The predicted molar refractivity (Wildman–Crippen MR) is 75.9 cm³/mol. The molecule has 1 heterocycles. The maximum atomic E-state index is 5.77. The van der Waals surface area contributed by atoms with E-state index in [9.17, 15) is 0 Å². The Morgan fingerprint density at radius 3 is 2.94 bits per heavy atom. The largest absolute Gasteiger partial charge is 0.330 e. The van der Waals surface area contributed by atoms with Gasteiger partial charge in [-0.25, -0.2) is 0 Å². The Kier molecular flexibility index (Phi) is 3.40. The molecule has 0 spiro atoms. The molecule has 1 aliphatic heterocycles. The first-order valence-electron chi connectivity index (χ1n) is 7.31. The molecule has 0 amide bonds. The van der Waals surface area contributed by atoms with Gasteiger partial charge in [0.25, 0.3) is 0 Å². The molecule has 1 saturated heterocycles. The van der Waals surface area contributed by atoms with E-state index in [1.807, 2.05) is 0 Å². The average Bonchev–Trinajstić information content (AvgIpc) is 2.97. The number of likely N-dealkylation sites (N-methyl/N-ethyl adjacent to an activating group) is 1. The van der Waals surface area contributed by atoms with E-state index in [2.05, 4.69) is 30.1 Å².